The van der Waals surface area contributed by atoms with E-state index >= 15 is 0 Å². The van der Waals surface area contributed by atoms with E-state index in [0.717, 1.165) is 15.8 Å². The molecular weight excluding hydrogens is 280 g/mol. The van der Waals surface area contributed by atoms with Gasteiger partial charge in [-0.1, -0.05) is 15.9 Å². The van der Waals surface area contributed by atoms with Crippen molar-refractivity contribution in [3.05, 3.63) is 22.7 Å². The average molecular weight is 301 g/mol. The second-order valence-electron chi connectivity index (χ2n) is 5.08. The molecular formula is C13H21BrN2O. The van der Waals surface area contributed by atoms with Crippen LogP contribution >= 0.6 is 15.9 Å². The first-order valence-corrected chi connectivity index (χ1v) is 6.47. The SMILES string of the molecule is CC(Nc1cc(Br)ccc1N(C)C)C(C)(C)O. The Bertz CT molecular complexity index is 385. The van der Waals surface area contributed by atoms with E-state index in [1.54, 1.807) is 13.8 Å². The summed E-state index contributed by atoms with van der Waals surface area (Å²) in [7, 11) is 4.01. The van der Waals surface area contributed by atoms with Crippen molar-refractivity contribution in [2.75, 3.05) is 24.3 Å². The van der Waals surface area contributed by atoms with Gasteiger partial charge in [0.1, 0.15) is 0 Å². The molecule has 4 heteroatoms. The molecule has 0 saturated heterocycles. The van der Waals surface area contributed by atoms with Crippen molar-refractivity contribution >= 4 is 27.3 Å². The van der Waals surface area contributed by atoms with Gasteiger partial charge in [-0.2, -0.15) is 0 Å². The summed E-state index contributed by atoms with van der Waals surface area (Å²) >= 11 is 3.46. The van der Waals surface area contributed by atoms with Crippen LogP contribution in [0.2, 0.25) is 0 Å². The van der Waals surface area contributed by atoms with Gasteiger partial charge in [0.25, 0.3) is 0 Å². The fourth-order valence-electron chi connectivity index (χ4n) is 1.42. The molecule has 0 heterocycles. The molecule has 96 valence electrons. The van der Waals surface area contributed by atoms with Gasteiger partial charge in [-0.15, -0.1) is 0 Å². The lowest BCUT2D eigenvalue weighted by Crippen LogP contribution is -2.39. The van der Waals surface area contributed by atoms with Crippen LogP contribution in [0, 0.1) is 0 Å². The monoisotopic (exact) mass is 300 g/mol. The highest BCUT2D eigenvalue weighted by Gasteiger charge is 2.23. The van der Waals surface area contributed by atoms with Crippen LogP contribution in [0.4, 0.5) is 11.4 Å². The first-order valence-electron chi connectivity index (χ1n) is 5.67. The maximum atomic E-state index is 9.96. The summed E-state index contributed by atoms with van der Waals surface area (Å²) in [5.41, 5.74) is 1.36. The van der Waals surface area contributed by atoms with Crippen LogP contribution < -0.4 is 10.2 Å². The summed E-state index contributed by atoms with van der Waals surface area (Å²) in [6.07, 6.45) is 0. The lowest BCUT2D eigenvalue weighted by atomic mass is 10.0. The van der Waals surface area contributed by atoms with Gasteiger partial charge < -0.3 is 15.3 Å². The van der Waals surface area contributed by atoms with E-state index in [1.807, 2.05) is 44.1 Å². The van der Waals surface area contributed by atoms with Crippen molar-refractivity contribution in [2.45, 2.75) is 32.4 Å². The average Bonchev–Trinajstić information content (AvgIpc) is 2.15. The van der Waals surface area contributed by atoms with E-state index in [0.29, 0.717) is 0 Å². The zero-order chi connectivity index (χ0) is 13.2. The Kier molecular flexibility index (Phi) is 4.44. The van der Waals surface area contributed by atoms with Gasteiger partial charge in [0.2, 0.25) is 0 Å². The summed E-state index contributed by atoms with van der Waals surface area (Å²) in [5.74, 6) is 0. The summed E-state index contributed by atoms with van der Waals surface area (Å²) in [5, 5.41) is 13.3. The normalized spacial score (nSPS) is 13.4. The smallest absolute Gasteiger partial charge is 0.0789 e. The van der Waals surface area contributed by atoms with Crippen molar-refractivity contribution in [2.24, 2.45) is 0 Å². The topological polar surface area (TPSA) is 35.5 Å². The molecule has 2 N–H and O–H groups in total. The molecule has 1 aromatic carbocycles. The minimum absolute atomic E-state index is 0.0319. The van der Waals surface area contributed by atoms with Gasteiger partial charge in [0.05, 0.1) is 23.0 Å². The molecule has 1 rings (SSSR count). The largest absolute Gasteiger partial charge is 0.388 e. The number of nitrogens with one attached hydrogen (secondary N) is 1. The maximum absolute atomic E-state index is 9.96. The van der Waals surface area contributed by atoms with Gasteiger partial charge in [-0.25, -0.2) is 0 Å². The molecule has 3 nitrogen and oxygen atoms in total. The van der Waals surface area contributed by atoms with Gasteiger partial charge in [0, 0.05) is 18.6 Å². The number of benzene rings is 1. The van der Waals surface area contributed by atoms with Gasteiger partial charge >= 0.3 is 0 Å². The molecule has 0 amide bonds. The van der Waals surface area contributed by atoms with Crippen LogP contribution in [-0.4, -0.2) is 30.8 Å². The predicted octanol–water partition coefficient (Wildman–Crippen LogP) is 3.09. The fourth-order valence-corrected chi connectivity index (χ4v) is 1.78. The highest BCUT2D eigenvalue weighted by molar-refractivity contribution is 9.10. The van der Waals surface area contributed by atoms with Crippen molar-refractivity contribution < 1.29 is 5.11 Å². The fraction of sp³-hybridized carbons (Fsp3) is 0.538. The number of halogens is 1. The van der Waals surface area contributed by atoms with E-state index in [9.17, 15) is 5.11 Å². The van der Waals surface area contributed by atoms with Crippen LogP contribution in [0.1, 0.15) is 20.8 Å². The van der Waals surface area contributed by atoms with E-state index in [1.165, 1.54) is 0 Å². The number of aliphatic hydroxyl groups is 1. The molecule has 0 saturated carbocycles. The molecule has 1 atom stereocenters. The molecule has 1 aromatic rings. The standard InChI is InChI=1S/C13H21BrN2O/c1-9(13(2,3)17)15-11-8-10(14)6-7-12(11)16(4)5/h6-9,15,17H,1-5H3. The summed E-state index contributed by atoms with van der Waals surface area (Å²) in [6, 6.07) is 6.05. The highest BCUT2D eigenvalue weighted by Crippen LogP contribution is 2.29. The van der Waals surface area contributed by atoms with E-state index in [4.69, 9.17) is 0 Å². The Morgan fingerprint density at radius 1 is 1.35 bits per heavy atom. The Morgan fingerprint density at radius 3 is 2.41 bits per heavy atom. The summed E-state index contributed by atoms with van der Waals surface area (Å²) in [4.78, 5) is 2.05. The van der Waals surface area contributed by atoms with Crippen molar-refractivity contribution in [1.29, 1.82) is 0 Å². The molecule has 0 fully saturated rings. The minimum Gasteiger partial charge on any atom is -0.388 e. The van der Waals surface area contributed by atoms with Crippen LogP contribution in [-0.2, 0) is 0 Å². The van der Waals surface area contributed by atoms with Crippen LogP contribution in [0.3, 0.4) is 0 Å². The maximum Gasteiger partial charge on any atom is 0.0789 e. The molecule has 0 aliphatic rings. The number of hydrogen-bond donors (Lipinski definition) is 2. The van der Waals surface area contributed by atoms with E-state index in [2.05, 4.69) is 21.2 Å². The highest BCUT2D eigenvalue weighted by atomic mass is 79.9. The van der Waals surface area contributed by atoms with Crippen LogP contribution in [0.15, 0.2) is 22.7 Å². The van der Waals surface area contributed by atoms with Crippen molar-refractivity contribution in [3.8, 4) is 0 Å². The molecule has 17 heavy (non-hydrogen) atoms. The third-order valence-electron chi connectivity index (χ3n) is 2.87. The zero-order valence-electron chi connectivity index (χ0n) is 11.1. The Morgan fingerprint density at radius 2 is 1.94 bits per heavy atom. The number of anilines is 2. The minimum atomic E-state index is -0.758. The summed E-state index contributed by atoms with van der Waals surface area (Å²) < 4.78 is 1.02. The second-order valence-corrected chi connectivity index (χ2v) is 5.99. The number of nitrogens with zero attached hydrogens (tertiary/aromatic N) is 1. The molecule has 0 radical (unpaired) electrons. The molecule has 0 spiro atoms. The lowest BCUT2D eigenvalue weighted by Gasteiger charge is -2.29. The first kappa shape index (κ1) is 14.3. The second kappa shape index (κ2) is 5.27. The van der Waals surface area contributed by atoms with Crippen LogP contribution in [0.25, 0.3) is 0 Å². The lowest BCUT2D eigenvalue weighted by molar-refractivity contribution is 0.0649. The molecule has 1 unspecified atom stereocenters. The molecule has 0 aliphatic carbocycles. The van der Waals surface area contributed by atoms with Gasteiger partial charge in [-0.3, -0.25) is 0 Å². The zero-order valence-corrected chi connectivity index (χ0v) is 12.7. The first-order chi connectivity index (χ1) is 7.71. The van der Waals surface area contributed by atoms with Crippen molar-refractivity contribution in [1.82, 2.24) is 0 Å². The van der Waals surface area contributed by atoms with E-state index in [-0.39, 0.29) is 6.04 Å². The van der Waals surface area contributed by atoms with E-state index < -0.39 is 5.60 Å². The quantitative estimate of drug-likeness (QED) is 0.897. The third-order valence-corrected chi connectivity index (χ3v) is 3.37. The Labute approximate surface area is 112 Å². The predicted molar refractivity (Wildman–Crippen MR) is 77.9 cm³/mol. The van der Waals surface area contributed by atoms with Gasteiger partial charge in [-0.05, 0) is 39.0 Å². The Balaban J connectivity index is 3.00. The third kappa shape index (κ3) is 3.89. The number of hydrogen-bond acceptors (Lipinski definition) is 3. The van der Waals surface area contributed by atoms with Crippen molar-refractivity contribution in [3.63, 3.8) is 0 Å². The Hall–Kier alpha value is -0.740. The molecule has 0 aromatic heterocycles. The van der Waals surface area contributed by atoms with Crippen LogP contribution in [0.5, 0.6) is 0 Å². The summed E-state index contributed by atoms with van der Waals surface area (Å²) in [6.45, 7) is 5.58. The number of rotatable bonds is 4. The van der Waals surface area contributed by atoms with Gasteiger partial charge in [0.15, 0.2) is 0 Å². The molecule has 0 aliphatic heterocycles. The molecule has 0 bridgehead atoms.